The van der Waals surface area contributed by atoms with Gasteiger partial charge in [-0.15, -0.1) is 0 Å². The van der Waals surface area contributed by atoms with E-state index < -0.39 is 17.6 Å². The average molecular weight is 250 g/mol. The molecule has 94 valence electrons. The molecule has 1 aromatic rings. The van der Waals surface area contributed by atoms with Gasteiger partial charge in [0.25, 0.3) is 0 Å². The zero-order valence-corrected chi connectivity index (χ0v) is 9.62. The second-order valence-corrected chi connectivity index (χ2v) is 4.12. The summed E-state index contributed by atoms with van der Waals surface area (Å²) in [5.74, 6) is -1.94. The van der Waals surface area contributed by atoms with Gasteiger partial charge in [-0.05, 0) is 42.2 Å². The predicted octanol–water partition coefficient (Wildman–Crippen LogP) is 3.48. The molecule has 0 bridgehead atoms. The zero-order valence-electron chi connectivity index (χ0n) is 9.62. The number of carbonyl (C=O) groups is 1. The Morgan fingerprint density at radius 3 is 2.61 bits per heavy atom. The fourth-order valence-electron chi connectivity index (χ4n) is 2.00. The molecule has 0 saturated carbocycles. The fraction of sp³-hybridized carbons (Fsp3) is 0.214. The van der Waals surface area contributed by atoms with Crippen LogP contribution in [0.25, 0.3) is 5.57 Å². The van der Waals surface area contributed by atoms with Gasteiger partial charge in [0.2, 0.25) is 0 Å². The van der Waals surface area contributed by atoms with Crippen LogP contribution in [0.3, 0.4) is 0 Å². The molecule has 0 radical (unpaired) electrons. The van der Waals surface area contributed by atoms with E-state index in [1.54, 1.807) is 6.08 Å². The maximum atomic E-state index is 13.7. The van der Waals surface area contributed by atoms with Crippen LogP contribution >= 0.6 is 0 Å². The molecule has 0 fully saturated rings. The Morgan fingerprint density at radius 1 is 1.22 bits per heavy atom. The molecule has 0 atom stereocenters. The number of allylic oxidation sites excluding steroid dienone is 4. The summed E-state index contributed by atoms with van der Waals surface area (Å²) in [6.07, 6.45) is 4.14. The van der Waals surface area contributed by atoms with E-state index in [2.05, 4.69) is 0 Å². The lowest BCUT2D eigenvalue weighted by Gasteiger charge is -2.14. The predicted molar refractivity (Wildman–Crippen MR) is 64.1 cm³/mol. The summed E-state index contributed by atoms with van der Waals surface area (Å²) in [6.45, 7) is 0. The number of hydrogen-bond acceptors (Lipinski definition) is 1. The van der Waals surface area contributed by atoms with Crippen LogP contribution < -0.4 is 0 Å². The molecule has 1 N–H and O–H groups in total. The van der Waals surface area contributed by atoms with Gasteiger partial charge in [0.05, 0.1) is 6.42 Å². The second-order valence-electron chi connectivity index (χ2n) is 4.12. The number of hydrogen-bond donors (Lipinski definition) is 1. The first-order valence-corrected chi connectivity index (χ1v) is 5.64. The van der Waals surface area contributed by atoms with Crippen LogP contribution in [-0.4, -0.2) is 11.1 Å². The van der Waals surface area contributed by atoms with Crippen LogP contribution in [0.4, 0.5) is 8.78 Å². The van der Waals surface area contributed by atoms with E-state index in [0.29, 0.717) is 24.0 Å². The summed E-state index contributed by atoms with van der Waals surface area (Å²) in [4.78, 5) is 10.7. The summed E-state index contributed by atoms with van der Waals surface area (Å²) in [7, 11) is 0. The van der Waals surface area contributed by atoms with Gasteiger partial charge in [-0.2, -0.15) is 0 Å². The van der Waals surface area contributed by atoms with Crippen molar-refractivity contribution in [3.63, 3.8) is 0 Å². The molecule has 0 heterocycles. The molecule has 1 aliphatic carbocycles. The highest BCUT2D eigenvalue weighted by Gasteiger charge is 2.16. The van der Waals surface area contributed by atoms with Crippen LogP contribution in [0.2, 0.25) is 0 Å². The number of aliphatic carboxylic acids is 1. The summed E-state index contributed by atoms with van der Waals surface area (Å²) in [6, 6.07) is 3.76. The Bertz CT molecular complexity index is 545. The van der Waals surface area contributed by atoms with Crippen LogP contribution in [0.1, 0.15) is 24.0 Å². The largest absolute Gasteiger partial charge is 0.481 e. The van der Waals surface area contributed by atoms with Crippen molar-refractivity contribution >= 4 is 11.5 Å². The first-order valence-electron chi connectivity index (χ1n) is 5.64. The quantitative estimate of drug-likeness (QED) is 0.891. The van der Waals surface area contributed by atoms with Crippen molar-refractivity contribution in [2.24, 2.45) is 0 Å². The highest BCUT2D eigenvalue weighted by Crippen LogP contribution is 2.32. The smallest absolute Gasteiger partial charge is 0.307 e. The lowest BCUT2D eigenvalue weighted by atomic mass is 9.93. The Morgan fingerprint density at radius 2 is 1.94 bits per heavy atom. The van der Waals surface area contributed by atoms with E-state index in [4.69, 9.17) is 5.11 Å². The Balaban J connectivity index is 2.48. The molecule has 1 aromatic carbocycles. The van der Waals surface area contributed by atoms with Gasteiger partial charge in [0.1, 0.15) is 11.6 Å². The fourth-order valence-corrected chi connectivity index (χ4v) is 2.00. The maximum Gasteiger partial charge on any atom is 0.307 e. The van der Waals surface area contributed by atoms with Crippen LogP contribution in [0, 0.1) is 5.82 Å². The standard InChI is InChI=1S/C14H12F2O2/c15-10-6-5-9(7-14(17)18)12(8-10)11-3-1-2-4-13(11)16/h3-6,8H,1-2,7H2,(H,17,18). The third-order valence-corrected chi connectivity index (χ3v) is 2.80. The molecule has 2 nitrogen and oxygen atoms in total. The van der Waals surface area contributed by atoms with Gasteiger partial charge in [0, 0.05) is 5.57 Å². The summed E-state index contributed by atoms with van der Waals surface area (Å²) >= 11 is 0. The van der Waals surface area contributed by atoms with Gasteiger partial charge in [-0.3, -0.25) is 4.79 Å². The van der Waals surface area contributed by atoms with Crippen LogP contribution in [-0.2, 0) is 11.2 Å². The van der Waals surface area contributed by atoms with Crippen molar-refractivity contribution in [1.82, 2.24) is 0 Å². The molecule has 2 rings (SSSR count). The van der Waals surface area contributed by atoms with Gasteiger partial charge in [-0.1, -0.05) is 12.1 Å². The normalized spacial score (nSPS) is 15.0. The van der Waals surface area contributed by atoms with E-state index in [-0.39, 0.29) is 12.0 Å². The van der Waals surface area contributed by atoms with E-state index in [1.807, 2.05) is 0 Å². The maximum absolute atomic E-state index is 13.7. The number of halogens is 2. The highest BCUT2D eigenvalue weighted by atomic mass is 19.1. The topological polar surface area (TPSA) is 37.3 Å². The third-order valence-electron chi connectivity index (χ3n) is 2.80. The summed E-state index contributed by atoms with van der Waals surface area (Å²) in [5.41, 5.74) is 1.03. The summed E-state index contributed by atoms with van der Waals surface area (Å²) < 4.78 is 27.0. The molecular weight excluding hydrogens is 238 g/mol. The monoisotopic (exact) mass is 250 g/mol. The van der Waals surface area contributed by atoms with Gasteiger partial charge < -0.3 is 5.11 Å². The Kier molecular flexibility index (Phi) is 3.55. The minimum absolute atomic E-state index is 0.250. The second kappa shape index (κ2) is 5.12. The molecule has 0 saturated heterocycles. The number of carboxylic acid groups (broad SMARTS) is 1. The van der Waals surface area contributed by atoms with Crippen molar-refractivity contribution in [3.8, 4) is 0 Å². The van der Waals surface area contributed by atoms with E-state index in [0.717, 1.165) is 0 Å². The molecule has 0 amide bonds. The molecular formula is C14H12F2O2. The average Bonchev–Trinajstić information content (AvgIpc) is 2.32. The SMILES string of the molecule is O=C(O)Cc1ccc(F)cc1C1=CCCC=C1F. The van der Waals surface area contributed by atoms with Crippen molar-refractivity contribution in [2.45, 2.75) is 19.3 Å². The molecule has 4 heteroatoms. The van der Waals surface area contributed by atoms with Crippen LogP contribution in [0.5, 0.6) is 0 Å². The molecule has 0 aliphatic heterocycles. The number of benzene rings is 1. The van der Waals surface area contributed by atoms with Gasteiger partial charge >= 0.3 is 5.97 Å². The Hall–Kier alpha value is -1.97. The zero-order chi connectivity index (χ0) is 13.1. The molecule has 18 heavy (non-hydrogen) atoms. The van der Waals surface area contributed by atoms with Crippen molar-refractivity contribution < 1.29 is 18.7 Å². The van der Waals surface area contributed by atoms with E-state index >= 15 is 0 Å². The molecule has 0 unspecified atom stereocenters. The number of rotatable bonds is 3. The van der Waals surface area contributed by atoms with Crippen LogP contribution in [0.15, 0.2) is 36.2 Å². The number of carboxylic acids is 1. The lowest BCUT2D eigenvalue weighted by molar-refractivity contribution is -0.136. The lowest BCUT2D eigenvalue weighted by Crippen LogP contribution is -2.05. The molecule has 0 aromatic heterocycles. The highest BCUT2D eigenvalue weighted by molar-refractivity contribution is 5.82. The minimum atomic E-state index is -1.02. The van der Waals surface area contributed by atoms with E-state index in [1.165, 1.54) is 24.3 Å². The molecule has 0 spiro atoms. The van der Waals surface area contributed by atoms with E-state index in [9.17, 15) is 13.6 Å². The van der Waals surface area contributed by atoms with Gasteiger partial charge in [0.15, 0.2) is 0 Å². The Labute approximate surface area is 103 Å². The summed E-state index contributed by atoms with van der Waals surface area (Å²) in [5, 5.41) is 8.80. The van der Waals surface area contributed by atoms with Crippen molar-refractivity contribution in [3.05, 3.63) is 53.1 Å². The third kappa shape index (κ3) is 2.64. The van der Waals surface area contributed by atoms with Gasteiger partial charge in [-0.25, -0.2) is 8.78 Å². The first kappa shape index (κ1) is 12.5. The molecule has 1 aliphatic rings. The van der Waals surface area contributed by atoms with Crippen molar-refractivity contribution in [1.29, 1.82) is 0 Å². The minimum Gasteiger partial charge on any atom is -0.481 e. The first-order chi connectivity index (χ1) is 8.58. The van der Waals surface area contributed by atoms with Crippen molar-refractivity contribution in [2.75, 3.05) is 0 Å².